The van der Waals surface area contributed by atoms with E-state index in [-0.39, 0.29) is 5.71 Å². The van der Waals surface area contributed by atoms with Crippen LogP contribution in [0, 0.1) is 0 Å². The normalized spacial score (nSPS) is 11.0. The third kappa shape index (κ3) is 4.00. The molecule has 0 aliphatic carbocycles. The molecule has 0 aliphatic rings. The first-order valence-corrected chi connectivity index (χ1v) is 6.38. The summed E-state index contributed by atoms with van der Waals surface area (Å²) in [6, 6.07) is 12.5. The second kappa shape index (κ2) is 6.51. The Hall–Kier alpha value is -2.50. The predicted octanol–water partition coefficient (Wildman–Crippen LogP) is 4.06. The van der Waals surface area contributed by atoms with Crippen LogP contribution in [0.5, 0.6) is 11.5 Å². The van der Waals surface area contributed by atoms with Gasteiger partial charge in [-0.3, -0.25) is 0 Å². The van der Waals surface area contributed by atoms with Crippen LogP contribution in [-0.2, 0) is 0 Å². The van der Waals surface area contributed by atoms with E-state index in [1.807, 2.05) is 0 Å². The zero-order valence-corrected chi connectivity index (χ0v) is 12.0. The van der Waals surface area contributed by atoms with Crippen LogP contribution in [0.1, 0.15) is 11.1 Å². The first-order chi connectivity index (χ1) is 10.4. The van der Waals surface area contributed by atoms with Crippen molar-refractivity contribution in [2.45, 2.75) is 6.30 Å². The first-order valence-electron chi connectivity index (χ1n) is 6.38. The molecule has 0 unspecified atom stereocenters. The largest absolute Gasteiger partial charge is 0.503 e. The Kier molecular flexibility index (Phi) is 4.70. The van der Waals surface area contributed by atoms with Crippen molar-refractivity contribution < 1.29 is 22.6 Å². The number of aliphatic imine (C=N–C) groups is 1. The highest BCUT2D eigenvalue weighted by atomic mass is 19.4. The number of benzene rings is 2. The summed E-state index contributed by atoms with van der Waals surface area (Å²) in [5, 5.41) is 0. The lowest BCUT2D eigenvalue weighted by Gasteiger charge is -2.10. The lowest BCUT2D eigenvalue weighted by molar-refractivity contribution is -0.119. The Morgan fingerprint density at radius 3 is 1.41 bits per heavy atom. The molecule has 2 rings (SSSR count). The van der Waals surface area contributed by atoms with Crippen LogP contribution in [0.2, 0.25) is 0 Å². The Balaban J connectivity index is 2.48. The lowest BCUT2D eigenvalue weighted by Crippen LogP contribution is -2.12. The van der Waals surface area contributed by atoms with Gasteiger partial charge in [0.1, 0.15) is 11.5 Å². The van der Waals surface area contributed by atoms with Crippen molar-refractivity contribution in [1.29, 1.82) is 0 Å². The molecule has 0 amide bonds. The minimum absolute atomic E-state index is 0.155. The molecule has 116 valence electrons. The van der Waals surface area contributed by atoms with Crippen molar-refractivity contribution >= 4 is 5.71 Å². The van der Waals surface area contributed by atoms with E-state index in [1.165, 1.54) is 38.5 Å². The summed E-state index contributed by atoms with van der Waals surface area (Å²) in [7, 11) is 2.98. The van der Waals surface area contributed by atoms with E-state index in [0.717, 1.165) is 0 Å². The van der Waals surface area contributed by atoms with E-state index in [4.69, 9.17) is 9.47 Å². The molecule has 0 heterocycles. The van der Waals surface area contributed by atoms with Crippen molar-refractivity contribution in [1.82, 2.24) is 0 Å². The lowest BCUT2D eigenvalue weighted by atomic mass is 10.0. The van der Waals surface area contributed by atoms with Gasteiger partial charge in [0.25, 0.3) is 0 Å². The smallest absolute Gasteiger partial charge is 0.497 e. The maximum Gasteiger partial charge on any atom is 0.503 e. The number of ether oxygens (including phenoxy) is 2. The van der Waals surface area contributed by atoms with Gasteiger partial charge in [0.2, 0.25) is 0 Å². The Bertz CT molecular complexity index is 597. The number of alkyl halides is 3. The van der Waals surface area contributed by atoms with Crippen LogP contribution in [-0.4, -0.2) is 26.2 Å². The molecule has 22 heavy (non-hydrogen) atoms. The van der Waals surface area contributed by atoms with Gasteiger partial charge in [0.15, 0.2) is 0 Å². The second-order valence-corrected chi connectivity index (χ2v) is 4.39. The molecular weight excluding hydrogens is 295 g/mol. The molecule has 2 aromatic rings. The zero-order valence-electron chi connectivity index (χ0n) is 12.0. The second-order valence-electron chi connectivity index (χ2n) is 4.39. The van der Waals surface area contributed by atoms with Crippen molar-refractivity contribution in [2.24, 2.45) is 4.99 Å². The van der Waals surface area contributed by atoms with Crippen LogP contribution >= 0.6 is 0 Å². The summed E-state index contributed by atoms with van der Waals surface area (Å²) in [4.78, 5) is 2.90. The maximum absolute atomic E-state index is 12.7. The van der Waals surface area contributed by atoms with Crippen LogP contribution in [0.4, 0.5) is 13.2 Å². The minimum Gasteiger partial charge on any atom is -0.497 e. The molecule has 0 atom stereocenters. The van der Waals surface area contributed by atoms with Gasteiger partial charge in [0.05, 0.1) is 19.9 Å². The molecule has 0 fully saturated rings. The Morgan fingerprint density at radius 2 is 1.14 bits per heavy atom. The fourth-order valence-electron chi connectivity index (χ4n) is 1.92. The van der Waals surface area contributed by atoms with Gasteiger partial charge >= 0.3 is 6.30 Å². The molecule has 0 saturated heterocycles. The molecule has 0 N–H and O–H groups in total. The standard InChI is InChI=1S/C16H14F3NO2/c1-21-13-7-3-11(4-8-13)15(20-16(17,18)19)12-5-9-14(22-2)10-6-12/h3-10H,1-2H3. The van der Waals surface area contributed by atoms with Crippen LogP contribution in [0.15, 0.2) is 53.5 Å². The number of methoxy groups -OCH3 is 2. The molecule has 0 saturated carbocycles. The Morgan fingerprint density at radius 1 is 0.773 bits per heavy atom. The van der Waals surface area contributed by atoms with Gasteiger partial charge in [-0.25, -0.2) is 0 Å². The molecule has 2 aromatic carbocycles. The third-order valence-electron chi connectivity index (χ3n) is 2.97. The molecular formula is C16H14F3NO2. The average molecular weight is 309 g/mol. The van der Waals surface area contributed by atoms with E-state index in [9.17, 15) is 13.2 Å². The summed E-state index contributed by atoms with van der Waals surface area (Å²) in [5.74, 6) is 1.12. The maximum atomic E-state index is 12.7. The fourth-order valence-corrected chi connectivity index (χ4v) is 1.92. The van der Waals surface area contributed by atoms with Gasteiger partial charge in [0, 0.05) is 11.1 Å². The Labute approximate surface area is 126 Å². The molecule has 0 spiro atoms. The number of rotatable bonds is 4. The number of nitrogens with zero attached hydrogens (tertiary/aromatic N) is 1. The highest BCUT2D eigenvalue weighted by Crippen LogP contribution is 2.23. The molecule has 6 heteroatoms. The monoisotopic (exact) mass is 309 g/mol. The SMILES string of the molecule is COc1ccc(C(=NC(F)(F)F)c2ccc(OC)cc2)cc1. The predicted molar refractivity (Wildman–Crippen MR) is 77.7 cm³/mol. The summed E-state index contributed by atoms with van der Waals surface area (Å²) >= 11 is 0. The number of hydrogen-bond donors (Lipinski definition) is 0. The number of hydrogen-bond acceptors (Lipinski definition) is 3. The van der Waals surface area contributed by atoms with Crippen LogP contribution in [0.3, 0.4) is 0 Å². The summed E-state index contributed by atoms with van der Waals surface area (Å²) in [6.07, 6.45) is -4.66. The van der Waals surface area contributed by atoms with Gasteiger partial charge < -0.3 is 9.47 Å². The van der Waals surface area contributed by atoms with Gasteiger partial charge in [-0.2, -0.15) is 4.99 Å². The first kappa shape index (κ1) is 15.9. The van der Waals surface area contributed by atoms with Gasteiger partial charge in [-0.15, -0.1) is 13.2 Å². The third-order valence-corrected chi connectivity index (χ3v) is 2.97. The zero-order chi connectivity index (χ0) is 16.2. The summed E-state index contributed by atoms with van der Waals surface area (Å²) in [6.45, 7) is 0. The van der Waals surface area contributed by atoms with E-state index in [1.54, 1.807) is 24.3 Å². The topological polar surface area (TPSA) is 30.8 Å². The molecule has 0 aromatic heterocycles. The van der Waals surface area contributed by atoms with E-state index in [2.05, 4.69) is 4.99 Å². The van der Waals surface area contributed by atoms with Crippen molar-refractivity contribution in [2.75, 3.05) is 14.2 Å². The highest BCUT2D eigenvalue weighted by Gasteiger charge is 2.28. The molecule has 0 aliphatic heterocycles. The van der Waals surface area contributed by atoms with Crippen LogP contribution in [0.25, 0.3) is 0 Å². The average Bonchev–Trinajstić information content (AvgIpc) is 2.52. The van der Waals surface area contributed by atoms with Crippen molar-refractivity contribution in [3.63, 3.8) is 0 Å². The van der Waals surface area contributed by atoms with Crippen molar-refractivity contribution in [3.8, 4) is 11.5 Å². The fraction of sp³-hybridized carbons (Fsp3) is 0.188. The number of halogens is 3. The van der Waals surface area contributed by atoms with Crippen LogP contribution < -0.4 is 9.47 Å². The van der Waals surface area contributed by atoms with E-state index in [0.29, 0.717) is 22.6 Å². The quantitative estimate of drug-likeness (QED) is 0.630. The van der Waals surface area contributed by atoms with E-state index < -0.39 is 6.30 Å². The van der Waals surface area contributed by atoms with Crippen molar-refractivity contribution in [3.05, 3.63) is 59.7 Å². The highest BCUT2D eigenvalue weighted by molar-refractivity contribution is 6.13. The minimum atomic E-state index is -4.66. The summed E-state index contributed by atoms with van der Waals surface area (Å²) < 4.78 is 48.2. The van der Waals surface area contributed by atoms with Gasteiger partial charge in [-0.1, -0.05) is 0 Å². The summed E-state index contributed by atoms with van der Waals surface area (Å²) in [5.41, 5.74) is 0.546. The molecule has 0 radical (unpaired) electrons. The van der Waals surface area contributed by atoms with Gasteiger partial charge in [-0.05, 0) is 48.5 Å². The molecule has 3 nitrogen and oxygen atoms in total. The molecule has 0 bridgehead atoms. The van der Waals surface area contributed by atoms with E-state index >= 15 is 0 Å².